The van der Waals surface area contributed by atoms with Gasteiger partial charge in [0, 0.05) is 30.9 Å². The van der Waals surface area contributed by atoms with Gasteiger partial charge in [0.25, 0.3) is 11.8 Å². The second-order valence-electron chi connectivity index (χ2n) is 8.28. The summed E-state index contributed by atoms with van der Waals surface area (Å²) in [6.07, 6.45) is 0. The molecule has 0 unspecified atom stereocenters. The van der Waals surface area contributed by atoms with Gasteiger partial charge in [0.05, 0.1) is 27.4 Å². The SMILES string of the molecule is COc1ccc(-c2ccc3c(c2)COCC(=O)N3Cc2ccc(C(=O)N(C)C)cc2)cc1OC. The fourth-order valence-electron chi connectivity index (χ4n) is 3.99. The van der Waals surface area contributed by atoms with E-state index < -0.39 is 0 Å². The third kappa shape index (κ3) is 4.75. The Morgan fingerprint density at radius 3 is 2.26 bits per heavy atom. The van der Waals surface area contributed by atoms with Crippen LogP contribution >= 0.6 is 0 Å². The van der Waals surface area contributed by atoms with Gasteiger partial charge in [0.15, 0.2) is 11.5 Å². The Morgan fingerprint density at radius 2 is 1.59 bits per heavy atom. The number of hydrogen-bond donors (Lipinski definition) is 0. The zero-order valence-corrected chi connectivity index (χ0v) is 19.8. The summed E-state index contributed by atoms with van der Waals surface area (Å²) in [4.78, 5) is 28.3. The molecule has 0 saturated carbocycles. The van der Waals surface area contributed by atoms with Crippen LogP contribution in [0.5, 0.6) is 11.5 Å². The number of fused-ring (bicyclic) bond motifs is 1. The Morgan fingerprint density at radius 1 is 0.912 bits per heavy atom. The van der Waals surface area contributed by atoms with Crippen LogP contribution in [0.15, 0.2) is 60.7 Å². The van der Waals surface area contributed by atoms with Crippen molar-refractivity contribution in [1.29, 1.82) is 0 Å². The lowest BCUT2D eigenvalue weighted by Gasteiger charge is -2.23. The predicted octanol–water partition coefficient (Wildman–Crippen LogP) is 4.14. The van der Waals surface area contributed by atoms with Gasteiger partial charge in [-0.1, -0.05) is 24.3 Å². The predicted molar refractivity (Wildman–Crippen MR) is 130 cm³/mol. The first-order valence-corrected chi connectivity index (χ1v) is 10.9. The summed E-state index contributed by atoms with van der Waals surface area (Å²) >= 11 is 0. The Kier molecular flexibility index (Phi) is 6.84. The zero-order chi connectivity index (χ0) is 24.2. The van der Waals surface area contributed by atoms with Gasteiger partial charge in [0.2, 0.25) is 0 Å². The number of rotatable bonds is 6. The summed E-state index contributed by atoms with van der Waals surface area (Å²) in [5.41, 5.74) is 5.25. The quantitative estimate of drug-likeness (QED) is 0.553. The highest BCUT2D eigenvalue weighted by Gasteiger charge is 2.24. The van der Waals surface area contributed by atoms with E-state index in [0.29, 0.717) is 30.2 Å². The molecular formula is C27H28N2O5. The molecule has 4 rings (SSSR count). The lowest BCUT2D eigenvalue weighted by molar-refractivity contribution is -0.123. The number of methoxy groups -OCH3 is 2. The zero-order valence-electron chi connectivity index (χ0n) is 19.8. The number of hydrogen-bond acceptors (Lipinski definition) is 5. The minimum absolute atomic E-state index is 0.0115. The maximum Gasteiger partial charge on any atom is 0.253 e. The van der Waals surface area contributed by atoms with Crippen LogP contribution in [0.2, 0.25) is 0 Å². The standard InChI is InChI=1S/C27H28N2O5/c1-28(2)27(31)19-7-5-18(6-8-19)15-29-23-11-9-20(13-22(23)16-34-17-26(29)30)21-10-12-24(32-3)25(14-21)33-4/h5-14H,15-17H2,1-4H3. The largest absolute Gasteiger partial charge is 0.493 e. The number of anilines is 1. The monoisotopic (exact) mass is 460 g/mol. The van der Waals surface area contributed by atoms with Crippen molar-refractivity contribution < 1.29 is 23.8 Å². The van der Waals surface area contributed by atoms with E-state index in [0.717, 1.165) is 27.9 Å². The summed E-state index contributed by atoms with van der Waals surface area (Å²) in [6.45, 7) is 0.744. The summed E-state index contributed by atoms with van der Waals surface area (Å²) in [6, 6.07) is 19.1. The molecule has 0 radical (unpaired) electrons. The van der Waals surface area contributed by atoms with E-state index in [1.165, 1.54) is 4.90 Å². The molecule has 176 valence electrons. The molecule has 2 amide bonds. The Balaban J connectivity index is 1.63. The van der Waals surface area contributed by atoms with E-state index in [9.17, 15) is 9.59 Å². The van der Waals surface area contributed by atoms with Gasteiger partial charge < -0.3 is 24.0 Å². The van der Waals surface area contributed by atoms with E-state index in [2.05, 4.69) is 0 Å². The molecule has 1 heterocycles. The normalized spacial score (nSPS) is 13.2. The minimum atomic E-state index is -0.105. The average Bonchev–Trinajstić information content (AvgIpc) is 3.01. The van der Waals surface area contributed by atoms with Crippen molar-refractivity contribution in [3.05, 3.63) is 77.4 Å². The number of ether oxygens (including phenoxy) is 3. The fourth-order valence-corrected chi connectivity index (χ4v) is 3.99. The van der Waals surface area contributed by atoms with E-state index in [1.807, 2.05) is 48.5 Å². The molecular weight excluding hydrogens is 432 g/mol. The summed E-state index contributed by atoms with van der Waals surface area (Å²) < 4.78 is 16.4. The molecule has 0 bridgehead atoms. The van der Waals surface area contributed by atoms with Crippen LogP contribution in [-0.4, -0.2) is 51.6 Å². The Hall–Kier alpha value is -3.84. The van der Waals surface area contributed by atoms with Crippen LogP contribution in [0, 0.1) is 0 Å². The van der Waals surface area contributed by atoms with Crippen molar-refractivity contribution in [2.75, 3.05) is 39.8 Å². The first kappa shape index (κ1) is 23.3. The molecule has 0 fully saturated rings. The van der Waals surface area contributed by atoms with E-state index in [1.54, 1.807) is 45.3 Å². The van der Waals surface area contributed by atoms with Crippen LogP contribution < -0.4 is 14.4 Å². The molecule has 0 aliphatic carbocycles. The molecule has 0 saturated heterocycles. The molecule has 0 N–H and O–H groups in total. The van der Waals surface area contributed by atoms with Crippen molar-refractivity contribution in [2.24, 2.45) is 0 Å². The smallest absolute Gasteiger partial charge is 0.253 e. The number of amides is 2. The van der Waals surface area contributed by atoms with E-state index >= 15 is 0 Å². The highest BCUT2D eigenvalue weighted by Crippen LogP contribution is 2.35. The molecule has 1 aliphatic rings. The van der Waals surface area contributed by atoms with Crippen molar-refractivity contribution in [3.8, 4) is 22.6 Å². The highest BCUT2D eigenvalue weighted by molar-refractivity contribution is 5.96. The summed E-state index contributed by atoms with van der Waals surface area (Å²) in [5, 5.41) is 0. The molecule has 7 heteroatoms. The van der Waals surface area contributed by atoms with Crippen molar-refractivity contribution in [1.82, 2.24) is 4.90 Å². The molecule has 3 aromatic rings. The Bertz CT molecular complexity index is 1200. The van der Waals surface area contributed by atoms with Gasteiger partial charge in [-0.25, -0.2) is 0 Å². The Labute approximate surface area is 199 Å². The van der Waals surface area contributed by atoms with Crippen LogP contribution in [0.3, 0.4) is 0 Å². The maximum atomic E-state index is 12.9. The van der Waals surface area contributed by atoms with Gasteiger partial charge >= 0.3 is 0 Å². The summed E-state index contributed by atoms with van der Waals surface area (Å²) in [5.74, 6) is 1.16. The minimum Gasteiger partial charge on any atom is -0.493 e. The number of benzene rings is 3. The molecule has 7 nitrogen and oxygen atoms in total. The third-order valence-electron chi connectivity index (χ3n) is 5.82. The van der Waals surface area contributed by atoms with Crippen LogP contribution in [-0.2, 0) is 22.7 Å². The number of nitrogens with zero attached hydrogens (tertiary/aromatic N) is 2. The van der Waals surface area contributed by atoms with Crippen molar-refractivity contribution in [3.63, 3.8) is 0 Å². The number of carbonyl (C=O) groups excluding carboxylic acids is 2. The van der Waals surface area contributed by atoms with Crippen molar-refractivity contribution in [2.45, 2.75) is 13.2 Å². The molecule has 0 atom stereocenters. The second-order valence-corrected chi connectivity index (χ2v) is 8.28. The van der Waals surface area contributed by atoms with Gasteiger partial charge in [-0.3, -0.25) is 9.59 Å². The third-order valence-corrected chi connectivity index (χ3v) is 5.82. The van der Waals surface area contributed by atoms with Gasteiger partial charge in [0.1, 0.15) is 6.61 Å². The molecule has 34 heavy (non-hydrogen) atoms. The fraction of sp³-hybridized carbons (Fsp3) is 0.259. The molecule has 3 aromatic carbocycles. The average molecular weight is 461 g/mol. The lowest BCUT2D eigenvalue weighted by atomic mass is 10.0. The lowest BCUT2D eigenvalue weighted by Crippen LogP contribution is -2.32. The first-order valence-electron chi connectivity index (χ1n) is 10.9. The second kappa shape index (κ2) is 9.97. The van der Waals surface area contributed by atoms with E-state index in [-0.39, 0.29) is 18.4 Å². The van der Waals surface area contributed by atoms with Gasteiger partial charge in [-0.05, 0) is 53.1 Å². The van der Waals surface area contributed by atoms with Crippen LogP contribution in [0.4, 0.5) is 5.69 Å². The highest BCUT2D eigenvalue weighted by atomic mass is 16.5. The topological polar surface area (TPSA) is 68.3 Å². The molecule has 0 spiro atoms. The maximum absolute atomic E-state index is 12.9. The number of carbonyl (C=O) groups is 2. The van der Waals surface area contributed by atoms with Gasteiger partial charge in [-0.15, -0.1) is 0 Å². The van der Waals surface area contributed by atoms with Crippen LogP contribution in [0.25, 0.3) is 11.1 Å². The molecule has 1 aliphatic heterocycles. The van der Waals surface area contributed by atoms with Crippen molar-refractivity contribution >= 4 is 17.5 Å². The first-order chi connectivity index (χ1) is 16.4. The van der Waals surface area contributed by atoms with Crippen LogP contribution in [0.1, 0.15) is 21.5 Å². The summed E-state index contributed by atoms with van der Waals surface area (Å²) in [7, 11) is 6.66. The van der Waals surface area contributed by atoms with Gasteiger partial charge in [-0.2, -0.15) is 0 Å². The molecule has 0 aromatic heterocycles. The van der Waals surface area contributed by atoms with E-state index in [4.69, 9.17) is 14.2 Å².